The van der Waals surface area contributed by atoms with Crippen LogP contribution in [0.5, 0.6) is 0 Å². The van der Waals surface area contributed by atoms with Crippen molar-refractivity contribution in [2.24, 2.45) is 0 Å². The van der Waals surface area contributed by atoms with Crippen molar-refractivity contribution in [2.45, 2.75) is 28.9 Å². The van der Waals surface area contributed by atoms with E-state index in [0.29, 0.717) is 13.0 Å². The zero-order chi connectivity index (χ0) is 13.9. The number of rotatable bonds is 6. The maximum absolute atomic E-state index is 12.1. The van der Waals surface area contributed by atoms with Gasteiger partial charge in [-0.15, -0.1) is 0 Å². The standard InChI is InChI=1S/C13H16N2O2S2/c1-18-13(7-8-13)10-15-19(16,17)12-4-2-11(3-5-12)6-9-14/h2-5,15H,6-8,10H2,1H3. The minimum Gasteiger partial charge on any atom is -0.210 e. The summed E-state index contributed by atoms with van der Waals surface area (Å²) in [5.41, 5.74) is 0.823. The summed E-state index contributed by atoms with van der Waals surface area (Å²) < 4.78 is 27.0. The lowest BCUT2D eigenvalue weighted by Crippen LogP contribution is -2.31. The Morgan fingerprint density at radius 3 is 2.47 bits per heavy atom. The summed E-state index contributed by atoms with van der Waals surface area (Å²) in [5.74, 6) is 0. The third-order valence-corrected chi connectivity index (χ3v) is 6.18. The van der Waals surface area contributed by atoms with Crippen LogP contribution in [-0.2, 0) is 16.4 Å². The molecule has 0 atom stereocenters. The number of sulfonamides is 1. The van der Waals surface area contributed by atoms with E-state index in [9.17, 15) is 8.42 Å². The Balaban J connectivity index is 2.05. The van der Waals surface area contributed by atoms with Gasteiger partial charge in [0.15, 0.2) is 0 Å². The van der Waals surface area contributed by atoms with Crippen LogP contribution >= 0.6 is 11.8 Å². The van der Waals surface area contributed by atoms with Gasteiger partial charge in [0, 0.05) is 11.3 Å². The Morgan fingerprint density at radius 1 is 1.37 bits per heavy atom. The summed E-state index contributed by atoms with van der Waals surface area (Å²) in [6.07, 6.45) is 4.44. The summed E-state index contributed by atoms with van der Waals surface area (Å²) in [6.45, 7) is 0.483. The summed E-state index contributed by atoms with van der Waals surface area (Å²) >= 11 is 1.72. The number of hydrogen-bond acceptors (Lipinski definition) is 4. The molecule has 2 rings (SSSR count). The van der Waals surface area contributed by atoms with Gasteiger partial charge in [0.2, 0.25) is 10.0 Å². The fourth-order valence-corrected chi connectivity index (χ4v) is 3.73. The molecule has 0 radical (unpaired) electrons. The topological polar surface area (TPSA) is 70.0 Å². The molecule has 0 bridgehead atoms. The quantitative estimate of drug-likeness (QED) is 0.871. The summed E-state index contributed by atoms with van der Waals surface area (Å²) in [4.78, 5) is 0.256. The second-order valence-corrected chi connectivity index (χ2v) is 7.73. The van der Waals surface area contributed by atoms with Crippen LogP contribution < -0.4 is 4.72 Å². The maximum Gasteiger partial charge on any atom is 0.240 e. The van der Waals surface area contributed by atoms with Gasteiger partial charge in [0.1, 0.15) is 0 Å². The highest BCUT2D eigenvalue weighted by molar-refractivity contribution is 8.00. The fraction of sp³-hybridized carbons (Fsp3) is 0.462. The van der Waals surface area contributed by atoms with E-state index in [-0.39, 0.29) is 9.64 Å². The van der Waals surface area contributed by atoms with E-state index in [1.165, 1.54) is 0 Å². The van der Waals surface area contributed by atoms with Crippen molar-refractivity contribution in [3.63, 3.8) is 0 Å². The first-order valence-electron chi connectivity index (χ1n) is 6.02. The SMILES string of the molecule is CSC1(CNS(=O)(=O)c2ccc(CC#N)cc2)CC1. The average molecular weight is 296 g/mol. The van der Waals surface area contributed by atoms with Gasteiger partial charge in [-0.2, -0.15) is 17.0 Å². The van der Waals surface area contributed by atoms with Gasteiger partial charge >= 0.3 is 0 Å². The van der Waals surface area contributed by atoms with E-state index in [1.54, 1.807) is 36.0 Å². The summed E-state index contributed by atoms with van der Waals surface area (Å²) in [6, 6.07) is 8.49. The number of nitrogens with one attached hydrogen (secondary N) is 1. The second kappa shape index (κ2) is 5.53. The zero-order valence-corrected chi connectivity index (χ0v) is 12.4. The first-order valence-corrected chi connectivity index (χ1v) is 8.73. The lowest BCUT2D eigenvalue weighted by Gasteiger charge is -2.13. The van der Waals surface area contributed by atoms with Gasteiger partial charge in [-0.3, -0.25) is 0 Å². The third kappa shape index (κ3) is 3.50. The smallest absolute Gasteiger partial charge is 0.210 e. The molecular weight excluding hydrogens is 280 g/mol. The fourth-order valence-electron chi connectivity index (χ4n) is 1.78. The van der Waals surface area contributed by atoms with E-state index < -0.39 is 10.0 Å². The Kier molecular flexibility index (Phi) is 4.19. The molecule has 0 spiro atoms. The molecule has 1 aliphatic rings. The molecule has 0 aromatic heterocycles. The van der Waals surface area contributed by atoms with Crippen LogP contribution in [0, 0.1) is 11.3 Å². The van der Waals surface area contributed by atoms with Crippen LogP contribution in [0.2, 0.25) is 0 Å². The van der Waals surface area contributed by atoms with Gasteiger partial charge < -0.3 is 0 Å². The van der Waals surface area contributed by atoms with Crippen molar-refractivity contribution in [1.82, 2.24) is 4.72 Å². The van der Waals surface area contributed by atoms with E-state index >= 15 is 0 Å². The van der Waals surface area contributed by atoms with Gasteiger partial charge in [-0.25, -0.2) is 13.1 Å². The highest BCUT2D eigenvalue weighted by atomic mass is 32.2. The molecule has 6 heteroatoms. The van der Waals surface area contributed by atoms with Crippen LogP contribution in [0.15, 0.2) is 29.2 Å². The van der Waals surface area contributed by atoms with Crippen LogP contribution in [-0.4, -0.2) is 26.0 Å². The second-order valence-electron chi connectivity index (χ2n) is 4.69. The molecule has 19 heavy (non-hydrogen) atoms. The van der Waals surface area contributed by atoms with E-state index in [2.05, 4.69) is 4.72 Å². The van der Waals surface area contributed by atoms with Crippen molar-refractivity contribution in [3.05, 3.63) is 29.8 Å². The molecular formula is C13H16N2O2S2. The molecule has 1 aromatic rings. The van der Waals surface area contributed by atoms with Gasteiger partial charge in [-0.1, -0.05) is 12.1 Å². The Labute approximate surface area is 118 Å². The van der Waals surface area contributed by atoms with Crippen molar-refractivity contribution >= 4 is 21.8 Å². The normalized spacial score (nSPS) is 16.8. The third-order valence-electron chi connectivity index (χ3n) is 3.34. The van der Waals surface area contributed by atoms with Gasteiger partial charge in [0.25, 0.3) is 0 Å². The molecule has 4 nitrogen and oxygen atoms in total. The molecule has 0 heterocycles. The van der Waals surface area contributed by atoms with Crippen molar-refractivity contribution < 1.29 is 8.42 Å². The zero-order valence-electron chi connectivity index (χ0n) is 10.7. The first kappa shape index (κ1) is 14.4. The highest BCUT2D eigenvalue weighted by Gasteiger charge is 2.42. The van der Waals surface area contributed by atoms with E-state index in [4.69, 9.17) is 5.26 Å². The Morgan fingerprint density at radius 2 is 2.00 bits per heavy atom. The number of benzene rings is 1. The van der Waals surface area contributed by atoms with Crippen molar-refractivity contribution in [2.75, 3.05) is 12.8 Å². The van der Waals surface area contributed by atoms with Crippen LogP contribution in [0.1, 0.15) is 18.4 Å². The molecule has 102 valence electrons. The number of nitriles is 1. The predicted octanol–water partition coefficient (Wildman–Crippen LogP) is 1.93. The lowest BCUT2D eigenvalue weighted by atomic mass is 10.2. The minimum absolute atomic E-state index is 0.105. The molecule has 0 saturated heterocycles. The van der Waals surface area contributed by atoms with E-state index in [1.807, 2.05) is 12.3 Å². The molecule has 1 aromatic carbocycles. The first-order chi connectivity index (χ1) is 9.01. The molecule has 1 N–H and O–H groups in total. The Bertz CT molecular complexity index is 584. The Hall–Kier alpha value is -1.03. The summed E-state index contributed by atoms with van der Waals surface area (Å²) in [5, 5.41) is 8.57. The monoisotopic (exact) mass is 296 g/mol. The minimum atomic E-state index is -3.44. The number of nitrogens with zero attached hydrogens (tertiary/aromatic N) is 1. The van der Waals surface area contributed by atoms with Crippen molar-refractivity contribution in [3.8, 4) is 6.07 Å². The molecule has 0 amide bonds. The van der Waals surface area contributed by atoms with E-state index in [0.717, 1.165) is 18.4 Å². The van der Waals surface area contributed by atoms with Crippen LogP contribution in [0.25, 0.3) is 0 Å². The average Bonchev–Trinajstić information content (AvgIpc) is 3.18. The highest BCUT2D eigenvalue weighted by Crippen LogP contribution is 2.46. The largest absolute Gasteiger partial charge is 0.240 e. The molecule has 0 unspecified atom stereocenters. The van der Waals surface area contributed by atoms with Crippen LogP contribution in [0.3, 0.4) is 0 Å². The number of thioether (sulfide) groups is 1. The van der Waals surface area contributed by atoms with Crippen LogP contribution in [0.4, 0.5) is 0 Å². The molecule has 0 aliphatic heterocycles. The predicted molar refractivity (Wildman–Crippen MR) is 76.4 cm³/mol. The number of hydrogen-bond donors (Lipinski definition) is 1. The summed E-state index contributed by atoms with van der Waals surface area (Å²) in [7, 11) is -3.44. The molecule has 1 saturated carbocycles. The molecule has 1 fully saturated rings. The van der Waals surface area contributed by atoms with Crippen molar-refractivity contribution in [1.29, 1.82) is 5.26 Å². The van der Waals surface area contributed by atoms with Gasteiger partial charge in [0.05, 0.1) is 17.4 Å². The van der Waals surface area contributed by atoms with Gasteiger partial charge in [-0.05, 0) is 36.8 Å². The maximum atomic E-state index is 12.1. The molecule has 1 aliphatic carbocycles. The lowest BCUT2D eigenvalue weighted by molar-refractivity contribution is 0.579.